The van der Waals surface area contributed by atoms with Crippen LogP contribution in [0.25, 0.3) is 5.57 Å². The summed E-state index contributed by atoms with van der Waals surface area (Å²) >= 11 is -2.75. The van der Waals surface area contributed by atoms with Crippen LogP contribution in [-0.2, 0) is 20.0 Å². The molecule has 0 aliphatic heterocycles. The van der Waals surface area contributed by atoms with Crippen molar-refractivity contribution >= 4 is 37.9 Å². The molecule has 4 aromatic carbocycles. The molecular weight excluding hydrogens is 744 g/mol. The number of hydrogen-bond acceptors (Lipinski definition) is 1. The Balaban J connectivity index is 2.28. The minimum absolute atomic E-state index is 0.0153. The molecular formula is C52H72GeOP. The summed E-state index contributed by atoms with van der Waals surface area (Å²) < 4.78 is 9.54. The zero-order valence-corrected chi connectivity index (χ0v) is 40.7. The van der Waals surface area contributed by atoms with E-state index in [1.165, 1.54) is 43.1 Å². The summed E-state index contributed by atoms with van der Waals surface area (Å²) in [6.07, 6.45) is 0. The van der Waals surface area contributed by atoms with Gasteiger partial charge < -0.3 is 0 Å². The summed E-state index contributed by atoms with van der Waals surface area (Å²) in [5, 5.41) is 1.26. The van der Waals surface area contributed by atoms with Crippen LogP contribution in [0.4, 0.5) is 0 Å². The predicted molar refractivity (Wildman–Crippen MR) is 247 cm³/mol. The Labute approximate surface area is 344 Å². The van der Waals surface area contributed by atoms with Crippen molar-refractivity contribution in [1.29, 1.82) is 0 Å². The summed E-state index contributed by atoms with van der Waals surface area (Å²) in [4.78, 5) is 0. The first-order valence-electron chi connectivity index (χ1n) is 20.6. The van der Waals surface area contributed by atoms with Gasteiger partial charge in [-0.1, -0.05) is 0 Å². The van der Waals surface area contributed by atoms with E-state index < -0.39 is 22.6 Å². The molecule has 1 unspecified atom stereocenters. The van der Waals surface area contributed by atoms with Crippen molar-refractivity contribution in [3.05, 3.63) is 142 Å². The van der Waals surface area contributed by atoms with Crippen molar-refractivity contribution in [3.63, 3.8) is 0 Å². The fraction of sp³-hybridized carbons (Fsp3) is 0.481. The first-order chi connectivity index (χ1) is 25.2. The molecule has 0 N–H and O–H groups in total. The molecule has 4 rings (SSSR count). The van der Waals surface area contributed by atoms with Crippen molar-refractivity contribution in [3.8, 4) is 0 Å². The molecule has 0 fully saturated rings. The second-order valence-corrected chi connectivity index (χ2v) is 28.3. The van der Waals surface area contributed by atoms with E-state index in [1.807, 2.05) is 0 Å². The summed E-state index contributed by atoms with van der Waals surface area (Å²) in [6, 6.07) is 31.7. The van der Waals surface area contributed by atoms with Gasteiger partial charge in [0.25, 0.3) is 0 Å². The van der Waals surface area contributed by atoms with E-state index >= 15 is 0 Å². The molecule has 0 heterocycles. The van der Waals surface area contributed by atoms with Crippen LogP contribution >= 0.6 is 7.92 Å². The number of rotatable bonds is 10. The Morgan fingerprint density at radius 2 is 0.964 bits per heavy atom. The summed E-state index contributed by atoms with van der Waals surface area (Å²) in [5.41, 5.74) is 12.3. The molecule has 55 heavy (non-hydrogen) atoms. The topological polar surface area (TPSA) is 9.23 Å². The zero-order valence-electron chi connectivity index (χ0n) is 37.7. The van der Waals surface area contributed by atoms with Gasteiger partial charge in [-0.05, 0) is 0 Å². The Morgan fingerprint density at radius 3 is 1.27 bits per heavy atom. The molecule has 0 amide bonds. The van der Waals surface area contributed by atoms with Crippen molar-refractivity contribution in [2.45, 2.75) is 163 Å². The molecule has 0 saturated carbocycles. The van der Waals surface area contributed by atoms with Crippen molar-refractivity contribution in [2.24, 2.45) is 0 Å². The zero-order chi connectivity index (χ0) is 41.4. The average molecular weight is 817 g/mol. The maximum atomic E-state index is 8.15. The van der Waals surface area contributed by atoms with Crippen molar-refractivity contribution in [2.75, 3.05) is 0 Å². The van der Waals surface area contributed by atoms with Gasteiger partial charge in [-0.15, -0.1) is 0 Å². The monoisotopic (exact) mass is 817 g/mol. The molecule has 0 saturated heterocycles. The molecule has 0 aromatic heterocycles. The predicted octanol–water partition coefficient (Wildman–Crippen LogP) is 14.9. The second kappa shape index (κ2) is 17.1. The Kier molecular flexibility index (Phi) is 14.0. The summed E-state index contributed by atoms with van der Waals surface area (Å²) in [5.74, 6) is 1.17. The first-order valence-corrected chi connectivity index (χ1v) is 24.9. The minimum atomic E-state index is -2.75. The van der Waals surface area contributed by atoms with Crippen LogP contribution < -0.4 is 9.70 Å². The maximum absolute atomic E-state index is 8.15. The summed E-state index contributed by atoms with van der Waals surface area (Å²) in [7, 11) is -1.48. The van der Waals surface area contributed by atoms with Gasteiger partial charge in [0.2, 0.25) is 0 Å². The van der Waals surface area contributed by atoms with Gasteiger partial charge >= 0.3 is 346 Å². The van der Waals surface area contributed by atoms with E-state index in [1.54, 1.807) is 0 Å². The van der Waals surface area contributed by atoms with Crippen molar-refractivity contribution in [1.82, 2.24) is 0 Å². The van der Waals surface area contributed by atoms with Gasteiger partial charge in [0, 0.05) is 0 Å². The van der Waals surface area contributed by atoms with Crippen LogP contribution in [0, 0.1) is 6.66 Å². The Morgan fingerprint density at radius 1 is 0.564 bits per heavy atom. The second-order valence-electron chi connectivity index (χ2n) is 20.7. The van der Waals surface area contributed by atoms with Gasteiger partial charge in [-0.2, -0.15) is 0 Å². The van der Waals surface area contributed by atoms with Crippen LogP contribution in [0.2, 0.25) is 4.25 Å². The van der Waals surface area contributed by atoms with Gasteiger partial charge in [0.15, 0.2) is 0 Å². The molecule has 3 radical (unpaired) electrons. The fourth-order valence-corrected chi connectivity index (χ4v) is 16.2. The Bertz CT molecular complexity index is 1830. The third kappa shape index (κ3) is 10.5. The van der Waals surface area contributed by atoms with E-state index in [-0.39, 0.29) is 20.5 Å². The SMILES string of the molecule is [CH]P(C([O][Ge]([c]1c(C(C)C)cc(C(C)C)cc1C(C)C)[C](C)(C)C)=C(c1ccccc1)c1ccccc1)c1c(C(C)(C)C)cc(C(C)(C)C)cc1C(C)(C)C. The molecule has 0 spiro atoms. The van der Waals surface area contributed by atoms with E-state index in [2.05, 4.69) is 210 Å². The van der Waals surface area contributed by atoms with Crippen LogP contribution in [-0.4, -0.2) is 14.7 Å². The van der Waals surface area contributed by atoms with Crippen LogP contribution in [0.1, 0.15) is 187 Å². The van der Waals surface area contributed by atoms with Gasteiger partial charge in [-0.3, -0.25) is 0 Å². The third-order valence-corrected chi connectivity index (χ3v) is 18.6. The van der Waals surface area contributed by atoms with Crippen LogP contribution in [0.15, 0.2) is 90.4 Å². The molecule has 0 bridgehead atoms. The van der Waals surface area contributed by atoms with E-state index in [9.17, 15) is 0 Å². The molecule has 0 aliphatic carbocycles. The molecule has 0 aliphatic rings. The molecule has 4 aromatic rings. The quantitative estimate of drug-likeness (QED) is 0.0880. The standard InChI is InChI=1S/C52H72GeOP/c1-34(2)39-30-41(35(3)4)46(42(31-39)36(5)6)53(52(16,17)18)54-48(45(37-26-22-20-23-27-37)38-28-24-21-25-29-38)55(19)47-43(50(10,11)12)32-40(49(7,8)9)33-44(47)51(13,14)15/h19-36H,1-18H3. The summed E-state index contributed by atoms with van der Waals surface area (Å²) in [6.45, 7) is 50.5. The van der Waals surface area contributed by atoms with E-state index in [0.29, 0.717) is 17.8 Å². The van der Waals surface area contributed by atoms with E-state index in [4.69, 9.17) is 10.4 Å². The molecule has 1 nitrogen and oxygen atoms in total. The molecule has 3 heteroatoms. The van der Waals surface area contributed by atoms with Crippen LogP contribution in [0.3, 0.4) is 0 Å². The van der Waals surface area contributed by atoms with Crippen molar-refractivity contribution < 1.29 is 3.76 Å². The first kappa shape index (κ1) is 45.1. The van der Waals surface area contributed by atoms with Gasteiger partial charge in [0.1, 0.15) is 0 Å². The number of benzene rings is 4. The van der Waals surface area contributed by atoms with E-state index in [0.717, 1.165) is 22.2 Å². The van der Waals surface area contributed by atoms with Gasteiger partial charge in [-0.25, -0.2) is 0 Å². The molecule has 1 atom stereocenters. The third-order valence-electron chi connectivity index (χ3n) is 10.6. The number of hydrogen-bond donors (Lipinski definition) is 0. The van der Waals surface area contributed by atoms with Gasteiger partial charge in [0.05, 0.1) is 0 Å². The average Bonchev–Trinajstić information content (AvgIpc) is 3.07. The molecule has 295 valence electrons. The normalized spacial score (nSPS) is 13.6. The fourth-order valence-electron chi connectivity index (χ4n) is 7.31. The Hall–Kier alpha value is -2.61. The van der Waals surface area contributed by atoms with Crippen LogP contribution in [0.5, 0.6) is 0 Å².